The Morgan fingerprint density at radius 1 is 1.14 bits per heavy atom. The van der Waals surface area contributed by atoms with Crippen LogP contribution in [0.25, 0.3) is 0 Å². The molecule has 0 radical (unpaired) electrons. The van der Waals surface area contributed by atoms with Crippen molar-refractivity contribution < 1.29 is 19.1 Å². The molecule has 1 N–H and O–H groups in total. The summed E-state index contributed by atoms with van der Waals surface area (Å²) in [6.07, 6.45) is 0.280. The maximum atomic E-state index is 13.2. The Balaban J connectivity index is 1.87. The van der Waals surface area contributed by atoms with E-state index in [2.05, 4.69) is 5.32 Å². The third kappa shape index (κ3) is 4.15. The highest BCUT2D eigenvalue weighted by Crippen LogP contribution is 2.45. The number of hydrogen-bond acceptors (Lipinski definition) is 5. The monoisotopic (exact) mass is 412 g/mol. The van der Waals surface area contributed by atoms with Crippen LogP contribution in [0.2, 0.25) is 0 Å². The van der Waals surface area contributed by atoms with Gasteiger partial charge in [-0.05, 0) is 31.5 Å². The second kappa shape index (κ2) is 8.69. The van der Waals surface area contributed by atoms with E-state index < -0.39 is 22.7 Å². The van der Waals surface area contributed by atoms with Crippen molar-refractivity contribution in [3.8, 4) is 0 Å². The summed E-state index contributed by atoms with van der Waals surface area (Å²) in [6, 6.07) is 16.0. The number of esters is 1. The fraction of sp³-hybridized carbons (Fsp3) is 0.318. The molecule has 0 aromatic heterocycles. The third-order valence-corrected chi connectivity index (χ3v) is 6.28. The molecule has 29 heavy (non-hydrogen) atoms. The maximum absolute atomic E-state index is 13.2. The van der Waals surface area contributed by atoms with Gasteiger partial charge in [-0.1, -0.05) is 54.2 Å². The van der Waals surface area contributed by atoms with Crippen LogP contribution in [-0.4, -0.2) is 42.2 Å². The molecule has 0 bridgehead atoms. The standard InChI is InChI=1S/C22H24N2O4S/c1-4-24-17-12-8-9-13-18(17)29-22(2,21(24)27)20(26)23-16(19(25)28-3)14-15-10-6-5-7-11-15/h5-13,16H,4,14H2,1-3H3,(H,23,26). The molecule has 3 rings (SSSR count). The minimum absolute atomic E-state index is 0.280. The molecule has 2 unspecified atom stereocenters. The van der Waals surface area contributed by atoms with Gasteiger partial charge in [-0.2, -0.15) is 0 Å². The average molecular weight is 413 g/mol. The van der Waals surface area contributed by atoms with Gasteiger partial charge in [-0.3, -0.25) is 9.59 Å². The van der Waals surface area contributed by atoms with Crippen LogP contribution in [0.1, 0.15) is 19.4 Å². The van der Waals surface area contributed by atoms with E-state index in [1.807, 2.05) is 61.5 Å². The van der Waals surface area contributed by atoms with Crippen LogP contribution < -0.4 is 10.2 Å². The van der Waals surface area contributed by atoms with Crippen LogP contribution in [-0.2, 0) is 25.5 Å². The molecule has 0 fully saturated rings. The number of carbonyl (C=O) groups excluding carboxylic acids is 3. The summed E-state index contributed by atoms with van der Waals surface area (Å²) >= 11 is 1.21. The number of methoxy groups -OCH3 is 1. The zero-order valence-electron chi connectivity index (χ0n) is 16.7. The minimum atomic E-state index is -1.38. The molecule has 2 atom stereocenters. The predicted octanol–water partition coefficient (Wildman–Crippen LogP) is 2.80. The van der Waals surface area contributed by atoms with Crippen LogP contribution >= 0.6 is 11.8 Å². The first-order valence-corrected chi connectivity index (χ1v) is 10.2. The highest BCUT2D eigenvalue weighted by molar-refractivity contribution is 8.02. The van der Waals surface area contributed by atoms with Crippen LogP contribution in [0.4, 0.5) is 5.69 Å². The van der Waals surface area contributed by atoms with Crippen molar-refractivity contribution in [2.45, 2.75) is 36.0 Å². The van der Waals surface area contributed by atoms with E-state index in [1.165, 1.54) is 18.9 Å². The Morgan fingerprint density at radius 2 is 1.79 bits per heavy atom. The largest absolute Gasteiger partial charge is 0.467 e. The molecule has 1 heterocycles. The van der Waals surface area contributed by atoms with E-state index in [4.69, 9.17) is 4.74 Å². The lowest BCUT2D eigenvalue weighted by Gasteiger charge is -2.38. The van der Waals surface area contributed by atoms with E-state index in [0.29, 0.717) is 6.54 Å². The van der Waals surface area contributed by atoms with Gasteiger partial charge in [-0.25, -0.2) is 4.79 Å². The number of para-hydroxylation sites is 1. The van der Waals surface area contributed by atoms with Gasteiger partial charge in [0.15, 0.2) is 4.75 Å². The Hall–Kier alpha value is -2.80. The van der Waals surface area contributed by atoms with Gasteiger partial charge < -0.3 is 15.0 Å². The molecule has 1 aliphatic rings. The smallest absolute Gasteiger partial charge is 0.328 e. The fourth-order valence-corrected chi connectivity index (χ4v) is 4.55. The van der Waals surface area contributed by atoms with Crippen LogP contribution in [0.3, 0.4) is 0 Å². The molecular formula is C22H24N2O4S. The number of nitrogens with zero attached hydrogens (tertiary/aromatic N) is 1. The van der Waals surface area contributed by atoms with Gasteiger partial charge >= 0.3 is 5.97 Å². The molecule has 0 saturated carbocycles. The second-order valence-electron chi connectivity index (χ2n) is 6.89. The van der Waals surface area contributed by atoms with Crippen LogP contribution in [0.15, 0.2) is 59.5 Å². The molecule has 0 aliphatic carbocycles. The fourth-order valence-electron chi connectivity index (χ4n) is 3.34. The van der Waals surface area contributed by atoms with Crippen molar-refractivity contribution in [1.29, 1.82) is 0 Å². The number of nitrogens with one attached hydrogen (secondary N) is 1. The molecule has 2 amide bonds. The van der Waals surface area contributed by atoms with Gasteiger partial charge in [0, 0.05) is 17.9 Å². The molecule has 0 saturated heterocycles. The SMILES string of the molecule is CCN1C(=O)C(C)(C(=O)NC(Cc2ccccc2)C(=O)OC)Sc2ccccc21. The Bertz CT molecular complexity index is 918. The number of thioether (sulfide) groups is 1. The van der Waals surface area contributed by atoms with Crippen molar-refractivity contribution in [2.24, 2.45) is 0 Å². The Morgan fingerprint density at radius 3 is 2.45 bits per heavy atom. The van der Waals surface area contributed by atoms with Gasteiger partial charge in [0.05, 0.1) is 12.8 Å². The summed E-state index contributed by atoms with van der Waals surface area (Å²) in [6.45, 7) is 3.92. The number of carbonyl (C=O) groups is 3. The summed E-state index contributed by atoms with van der Waals surface area (Å²) in [5, 5.41) is 2.75. The molecule has 0 spiro atoms. The highest BCUT2D eigenvalue weighted by atomic mass is 32.2. The maximum Gasteiger partial charge on any atom is 0.328 e. The lowest BCUT2D eigenvalue weighted by Crippen LogP contribution is -2.59. The van der Waals surface area contributed by atoms with E-state index in [9.17, 15) is 14.4 Å². The second-order valence-corrected chi connectivity index (χ2v) is 8.35. The topological polar surface area (TPSA) is 75.7 Å². The Labute approximate surface area is 174 Å². The van der Waals surface area contributed by atoms with Crippen molar-refractivity contribution in [2.75, 3.05) is 18.6 Å². The molecule has 7 heteroatoms. The van der Waals surface area contributed by atoms with Crippen molar-refractivity contribution in [3.63, 3.8) is 0 Å². The zero-order valence-corrected chi connectivity index (χ0v) is 17.5. The highest BCUT2D eigenvalue weighted by Gasteiger charge is 2.49. The summed E-state index contributed by atoms with van der Waals surface area (Å²) in [5.41, 5.74) is 1.68. The minimum Gasteiger partial charge on any atom is -0.467 e. The van der Waals surface area contributed by atoms with Gasteiger partial charge in [0.2, 0.25) is 5.91 Å². The summed E-state index contributed by atoms with van der Waals surface area (Å²) < 4.78 is 3.49. The van der Waals surface area contributed by atoms with Gasteiger partial charge in [0.1, 0.15) is 6.04 Å². The molecule has 152 valence electrons. The number of fused-ring (bicyclic) bond motifs is 1. The van der Waals surface area contributed by atoms with Gasteiger partial charge in [0.25, 0.3) is 5.91 Å². The third-order valence-electron chi connectivity index (χ3n) is 4.95. The number of ether oxygens (including phenoxy) is 1. The van der Waals surface area contributed by atoms with Crippen molar-refractivity contribution in [1.82, 2.24) is 5.32 Å². The predicted molar refractivity (Wildman–Crippen MR) is 113 cm³/mol. The summed E-state index contributed by atoms with van der Waals surface area (Å²) in [4.78, 5) is 41.2. The number of hydrogen-bond donors (Lipinski definition) is 1. The molecular weight excluding hydrogens is 388 g/mol. The number of rotatable bonds is 6. The lowest BCUT2D eigenvalue weighted by atomic mass is 10.0. The van der Waals surface area contributed by atoms with Crippen LogP contribution in [0, 0.1) is 0 Å². The number of benzene rings is 2. The van der Waals surface area contributed by atoms with Crippen molar-refractivity contribution >= 4 is 35.2 Å². The number of amides is 2. The quantitative estimate of drug-likeness (QED) is 0.583. The van der Waals surface area contributed by atoms with Gasteiger partial charge in [-0.15, -0.1) is 0 Å². The lowest BCUT2D eigenvalue weighted by molar-refractivity contribution is -0.146. The van der Waals surface area contributed by atoms with Crippen LogP contribution in [0.5, 0.6) is 0 Å². The summed E-state index contributed by atoms with van der Waals surface area (Å²) in [7, 11) is 1.28. The van der Waals surface area contributed by atoms with E-state index in [-0.39, 0.29) is 12.3 Å². The number of anilines is 1. The first kappa shape index (κ1) is 20.9. The zero-order chi connectivity index (χ0) is 21.0. The first-order chi connectivity index (χ1) is 13.9. The summed E-state index contributed by atoms with van der Waals surface area (Å²) in [5.74, 6) is -1.36. The molecule has 2 aromatic carbocycles. The molecule has 1 aliphatic heterocycles. The van der Waals surface area contributed by atoms with E-state index >= 15 is 0 Å². The first-order valence-electron chi connectivity index (χ1n) is 9.43. The average Bonchev–Trinajstić information content (AvgIpc) is 2.74. The molecule has 6 nitrogen and oxygen atoms in total. The van der Waals surface area contributed by atoms with E-state index in [1.54, 1.807) is 11.8 Å². The Kier molecular flexibility index (Phi) is 6.27. The molecule has 2 aromatic rings. The van der Waals surface area contributed by atoms with E-state index in [0.717, 1.165) is 16.1 Å². The van der Waals surface area contributed by atoms with Crippen molar-refractivity contribution in [3.05, 3.63) is 60.2 Å². The normalized spacial score (nSPS) is 19.3.